The molecule has 75 heavy (non-hydrogen) atoms. The highest BCUT2D eigenvalue weighted by Crippen LogP contribution is 2.42. The SMILES string of the molecule is CCN(c1ncc(-c2cccn2C)cc1CN1C(=O)O[C@H](c2cc(C)cc(C(F)(F)F)c2)[C@@H]1C)C1CCCCC1.CCN(c1ncc(Br)cc1CN1C(=O)O[C@H](c2cc(C)cc(C(F)(F)F)c2)[C@@H]1C)C1CCCCC1. The number of carbonyl (C=O) groups is 2. The number of cyclic esters (lactones) is 2. The molecular weight excluding hydrogens is 1040 g/mol. The Balaban J connectivity index is 0.000000201. The summed E-state index contributed by atoms with van der Waals surface area (Å²) in [6, 6.07) is 15.7. The number of anilines is 2. The Morgan fingerprint density at radius 3 is 1.49 bits per heavy atom. The number of carbonyl (C=O) groups excluding carboxylic acids is 2. The van der Waals surface area contributed by atoms with Crippen LogP contribution in [0.5, 0.6) is 0 Å². The molecule has 5 aromatic rings. The Morgan fingerprint density at radius 1 is 0.640 bits per heavy atom. The van der Waals surface area contributed by atoms with Gasteiger partial charge >= 0.3 is 24.5 Å². The van der Waals surface area contributed by atoms with E-state index in [4.69, 9.17) is 19.4 Å². The molecule has 18 heteroatoms. The van der Waals surface area contributed by atoms with E-state index in [9.17, 15) is 35.9 Å². The number of hydrogen-bond acceptors (Lipinski definition) is 8. The number of aryl methyl sites for hydroxylation is 3. The fraction of sp³-hybridized carbons (Fsp3) is 0.509. The van der Waals surface area contributed by atoms with Crippen molar-refractivity contribution in [2.75, 3.05) is 22.9 Å². The lowest BCUT2D eigenvalue weighted by Crippen LogP contribution is -2.39. The first-order chi connectivity index (χ1) is 35.6. The van der Waals surface area contributed by atoms with Crippen molar-refractivity contribution in [2.45, 2.75) is 168 Å². The third-order valence-electron chi connectivity index (χ3n) is 15.3. The number of amides is 2. The Hall–Kier alpha value is -5.78. The smallest absolute Gasteiger partial charge is 0.416 e. The van der Waals surface area contributed by atoms with Gasteiger partial charge < -0.3 is 23.8 Å². The minimum Gasteiger partial charge on any atom is -0.439 e. The molecule has 0 radical (unpaired) electrons. The van der Waals surface area contributed by atoms with E-state index in [1.54, 1.807) is 42.0 Å². The molecule has 4 atom stereocenters. The molecule has 2 amide bonds. The molecule has 11 nitrogen and oxygen atoms in total. The lowest BCUT2D eigenvalue weighted by Gasteiger charge is -2.36. The maximum atomic E-state index is 13.5. The van der Waals surface area contributed by atoms with Crippen molar-refractivity contribution in [1.82, 2.24) is 24.3 Å². The molecule has 5 heterocycles. The van der Waals surface area contributed by atoms with Gasteiger partial charge in [0.2, 0.25) is 0 Å². The molecule has 2 saturated heterocycles. The van der Waals surface area contributed by atoms with Crippen molar-refractivity contribution in [2.24, 2.45) is 7.05 Å². The topological polar surface area (TPSA) is 96.3 Å². The first-order valence-corrected chi connectivity index (χ1v) is 27.0. The average molecular weight is 1110 g/mol. The normalized spacial score (nSPS) is 20.7. The molecule has 0 bridgehead atoms. The molecular formula is C57H68BrF6N7O4. The summed E-state index contributed by atoms with van der Waals surface area (Å²) in [5.74, 6) is 1.70. The maximum Gasteiger partial charge on any atom is 0.416 e. The van der Waals surface area contributed by atoms with Crippen LogP contribution in [0.1, 0.15) is 149 Å². The monoisotopic (exact) mass is 1110 g/mol. The van der Waals surface area contributed by atoms with Gasteiger partial charge in [0.05, 0.1) is 36.3 Å². The van der Waals surface area contributed by atoms with Gasteiger partial charge in [0.15, 0.2) is 0 Å². The highest BCUT2D eigenvalue weighted by molar-refractivity contribution is 9.10. The number of aromatic nitrogens is 3. The van der Waals surface area contributed by atoms with Gasteiger partial charge in [0.1, 0.15) is 23.8 Å². The number of pyridine rings is 2. The Morgan fingerprint density at radius 2 is 1.08 bits per heavy atom. The van der Waals surface area contributed by atoms with E-state index in [2.05, 4.69) is 45.6 Å². The first kappa shape index (κ1) is 55.5. The predicted octanol–water partition coefficient (Wildman–Crippen LogP) is 15.1. The number of halogens is 7. The van der Waals surface area contributed by atoms with Gasteiger partial charge in [-0.15, -0.1) is 0 Å². The van der Waals surface area contributed by atoms with Gasteiger partial charge in [0.25, 0.3) is 0 Å². The van der Waals surface area contributed by atoms with Crippen LogP contribution in [-0.2, 0) is 42.0 Å². The Bertz CT molecular complexity index is 2810. The molecule has 4 fully saturated rings. The zero-order valence-electron chi connectivity index (χ0n) is 43.8. The van der Waals surface area contributed by atoms with Gasteiger partial charge in [-0.05, 0) is 143 Å². The summed E-state index contributed by atoms with van der Waals surface area (Å²) in [7, 11) is 1.98. The standard InChI is InChI=1S/C31H37F3N4O2.C26H31BrF3N3O2/c1-5-37(26-10-7-6-8-11-26)29-24(16-23(18-35-29)27-12-9-13-36(27)4)19-38-21(3)28(40-30(38)39)22-14-20(2)15-25(17-22)31(32,33)34;1-4-32(22-8-6-5-7-9-22)24-19(13-21(27)14-31-24)15-33-17(3)23(35-25(33)34)18-10-16(2)11-20(12-18)26(28,29)30/h9,12-18,21,26,28H,5-8,10-11,19H2,1-4H3;10-14,17,22-23H,4-9,15H2,1-3H3/t21-,28-;17-,23-/m00/s1. The molecule has 2 aliphatic heterocycles. The molecule has 0 N–H and O–H groups in total. The van der Waals surface area contributed by atoms with Gasteiger partial charge in [0, 0.05) is 77.7 Å². The third-order valence-corrected chi connectivity index (χ3v) is 15.8. The number of alkyl halides is 6. The van der Waals surface area contributed by atoms with E-state index in [1.807, 2.05) is 56.1 Å². The molecule has 404 valence electrons. The quantitative estimate of drug-likeness (QED) is 0.108. The van der Waals surface area contributed by atoms with Crippen LogP contribution >= 0.6 is 15.9 Å². The van der Waals surface area contributed by atoms with Crippen molar-refractivity contribution in [3.63, 3.8) is 0 Å². The molecule has 0 spiro atoms. The largest absolute Gasteiger partial charge is 0.439 e. The van der Waals surface area contributed by atoms with E-state index in [1.165, 1.54) is 38.5 Å². The van der Waals surface area contributed by atoms with Gasteiger partial charge in [-0.2, -0.15) is 26.3 Å². The van der Waals surface area contributed by atoms with Crippen molar-refractivity contribution in [3.8, 4) is 11.3 Å². The summed E-state index contributed by atoms with van der Waals surface area (Å²) in [6.07, 6.45) is 5.72. The second-order valence-electron chi connectivity index (χ2n) is 20.6. The summed E-state index contributed by atoms with van der Waals surface area (Å²) >= 11 is 3.50. The van der Waals surface area contributed by atoms with Crippen LogP contribution in [-0.4, -0.2) is 73.8 Å². The van der Waals surface area contributed by atoms with E-state index in [-0.39, 0.29) is 13.1 Å². The minimum atomic E-state index is -4.48. The van der Waals surface area contributed by atoms with Crippen molar-refractivity contribution in [1.29, 1.82) is 0 Å². The highest BCUT2D eigenvalue weighted by Gasteiger charge is 2.44. The zero-order valence-corrected chi connectivity index (χ0v) is 45.4. The van der Waals surface area contributed by atoms with E-state index >= 15 is 0 Å². The molecule has 2 aromatic carbocycles. The van der Waals surface area contributed by atoms with Gasteiger partial charge in [-0.25, -0.2) is 19.6 Å². The second kappa shape index (κ2) is 23.2. The molecule has 0 unspecified atom stereocenters. The third kappa shape index (κ3) is 12.6. The molecule has 4 aliphatic rings. The van der Waals surface area contributed by atoms with Crippen LogP contribution in [0.4, 0.5) is 47.6 Å². The predicted molar refractivity (Wildman–Crippen MR) is 281 cm³/mol. The molecule has 2 saturated carbocycles. The molecule has 9 rings (SSSR count). The van der Waals surface area contributed by atoms with E-state index < -0.39 is 60.0 Å². The minimum absolute atomic E-state index is 0.248. The number of rotatable bonds is 13. The highest BCUT2D eigenvalue weighted by atomic mass is 79.9. The number of ether oxygens (including phenoxy) is 2. The number of benzene rings is 2. The fourth-order valence-electron chi connectivity index (χ4n) is 11.5. The summed E-state index contributed by atoms with van der Waals surface area (Å²) in [6.45, 7) is 13.2. The Labute approximate surface area is 444 Å². The molecule has 3 aromatic heterocycles. The fourth-order valence-corrected chi connectivity index (χ4v) is 11.9. The number of hydrogen-bond donors (Lipinski definition) is 0. The maximum absolute atomic E-state index is 13.5. The van der Waals surface area contributed by atoms with Crippen LogP contribution in [0, 0.1) is 13.8 Å². The van der Waals surface area contributed by atoms with Crippen molar-refractivity contribution in [3.05, 3.63) is 128 Å². The van der Waals surface area contributed by atoms with Crippen LogP contribution in [0.25, 0.3) is 11.3 Å². The second-order valence-corrected chi connectivity index (χ2v) is 21.5. The van der Waals surface area contributed by atoms with Crippen molar-refractivity contribution < 1.29 is 45.4 Å². The van der Waals surface area contributed by atoms with Crippen LogP contribution in [0.3, 0.4) is 0 Å². The van der Waals surface area contributed by atoms with E-state index in [0.717, 1.165) is 102 Å². The van der Waals surface area contributed by atoms with Gasteiger partial charge in [-0.3, -0.25) is 9.80 Å². The van der Waals surface area contributed by atoms with Crippen LogP contribution in [0.2, 0.25) is 0 Å². The first-order valence-electron chi connectivity index (χ1n) is 26.3. The summed E-state index contributed by atoms with van der Waals surface area (Å²) in [5, 5.41) is 0. The van der Waals surface area contributed by atoms with Gasteiger partial charge in [-0.1, -0.05) is 61.8 Å². The molecule has 2 aliphatic carbocycles. The summed E-state index contributed by atoms with van der Waals surface area (Å²) in [5.41, 5.74) is 3.91. The van der Waals surface area contributed by atoms with Crippen LogP contribution < -0.4 is 9.80 Å². The van der Waals surface area contributed by atoms with E-state index in [0.29, 0.717) is 34.3 Å². The van der Waals surface area contributed by atoms with Crippen LogP contribution in [0.15, 0.2) is 83.7 Å². The summed E-state index contributed by atoms with van der Waals surface area (Å²) < 4.78 is 94.9. The Kier molecular flexibility index (Phi) is 17.2. The van der Waals surface area contributed by atoms with Crippen molar-refractivity contribution >= 4 is 39.8 Å². The lowest BCUT2D eigenvalue weighted by molar-refractivity contribution is -0.138. The number of nitrogens with zero attached hydrogens (tertiary/aromatic N) is 7. The average Bonchev–Trinajstić information content (AvgIpc) is 4.02. The summed E-state index contributed by atoms with van der Waals surface area (Å²) in [4.78, 5) is 43.7. The zero-order chi connectivity index (χ0) is 53.9. The lowest BCUT2D eigenvalue weighted by atomic mass is 9.93.